The summed E-state index contributed by atoms with van der Waals surface area (Å²) in [5, 5.41) is 4.60. The third-order valence-corrected chi connectivity index (χ3v) is 5.58. The number of nitrogens with zero attached hydrogens (tertiary/aromatic N) is 1. The van der Waals surface area contributed by atoms with E-state index in [0.29, 0.717) is 20.7 Å². The highest BCUT2D eigenvalue weighted by Gasteiger charge is 2.24. The van der Waals surface area contributed by atoms with Gasteiger partial charge in [-0.05, 0) is 29.8 Å². The molecule has 3 rings (SSSR count). The molecule has 1 aromatic heterocycles. The van der Waals surface area contributed by atoms with Gasteiger partial charge in [-0.1, -0.05) is 68.2 Å². The summed E-state index contributed by atoms with van der Waals surface area (Å²) in [6, 6.07) is 14.8. The van der Waals surface area contributed by atoms with E-state index in [4.69, 9.17) is 28.2 Å². The first-order valence-electron chi connectivity index (χ1n) is 8.54. The zero-order valence-electron chi connectivity index (χ0n) is 15.8. The van der Waals surface area contributed by atoms with Crippen molar-refractivity contribution in [1.82, 2.24) is 4.98 Å². The van der Waals surface area contributed by atoms with Crippen LogP contribution in [0.5, 0.6) is 0 Å². The lowest BCUT2D eigenvalue weighted by atomic mass is 9.90. The molecular weight excluding hydrogens is 479 g/mol. The predicted molar refractivity (Wildman–Crippen MR) is 125 cm³/mol. The number of anilines is 1. The number of aromatic nitrogens is 1. The van der Waals surface area contributed by atoms with Gasteiger partial charge >= 0.3 is 0 Å². The molecule has 0 saturated carbocycles. The van der Waals surface area contributed by atoms with Crippen molar-refractivity contribution in [3.05, 3.63) is 80.3 Å². The third kappa shape index (κ3) is 5.57. The minimum atomic E-state index is -0.257. The van der Waals surface area contributed by atoms with Gasteiger partial charge in [0, 0.05) is 21.7 Å². The second-order valence-corrected chi connectivity index (χ2v) is 9.21. The maximum atomic E-state index is 12.6. The van der Waals surface area contributed by atoms with Crippen LogP contribution in [0.25, 0.3) is 0 Å². The zero-order valence-corrected chi connectivity index (χ0v) is 19.8. The number of carbonyl (C=O) groups is 1. The van der Waals surface area contributed by atoms with E-state index in [1.54, 1.807) is 24.3 Å². The molecule has 0 unspecified atom stereocenters. The molecule has 0 spiro atoms. The van der Waals surface area contributed by atoms with E-state index >= 15 is 0 Å². The summed E-state index contributed by atoms with van der Waals surface area (Å²) in [7, 11) is 0. The third-order valence-electron chi connectivity index (χ3n) is 4.02. The van der Waals surface area contributed by atoms with Gasteiger partial charge in [-0.2, -0.15) is 0 Å². The Labute approximate surface area is 189 Å². The van der Waals surface area contributed by atoms with Crippen LogP contribution in [0.15, 0.2) is 48.5 Å². The highest BCUT2D eigenvalue weighted by molar-refractivity contribution is 8.93. The van der Waals surface area contributed by atoms with E-state index in [0.717, 1.165) is 22.6 Å². The van der Waals surface area contributed by atoms with Crippen LogP contribution in [-0.2, 0) is 11.8 Å². The number of hydrogen-bond donors (Lipinski definition) is 1. The van der Waals surface area contributed by atoms with Crippen molar-refractivity contribution in [3.8, 4) is 0 Å². The largest absolute Gasteiger partial charge is 0.298 e. The molecule has 1 heterocycles. The number of nitrogens with one attached hydrogen (secondary N) is 1. The second-order valence-electron chi connectivity index (χ2n) is 7.28. The summed E-state index contributed by atoms with van der Waals surface area (Å²) < 4.78 is 0. The Bertz CT molecular complexity index is 965. The molecule has 28 heavy (non-hydrogen) atoms. The van der Waals surface area contributed by atoms with Crippen molar-refractivity contribution in [2.45, 2.75) is 32.6 Å². The smallest absolute Gasteiger partial charge is 0.258 e. The Morgan fingerprint density at radius 3 is 2.32 bits per heavy atom. The molecule has 0 bridgehead atoms. The summed E-state index contributed by atoms with van der Waals surface area (Å²) in [4.78, 5) is 18.4. The number of halogens is 3. The van der Waals surface area contributed by atoms with Crippen molar-refractivity contribution in [2.24, 2.45) is 0 Å². The van der Waals surface area contributed by atoms with Gasteiger partial charge in [0.1, 0.15) is 0 Å². The molecule has 3 nitrogen and oxygen atoms in total. The quantitative estimate of drug-likeness (QED) is 0.413. The van der Waals surface area contributed by atoms with Crippen LogP contribution in [0.3, 0.4) is 0 Å². The number of thiazole rings is 1. The Morgan fingerprint density at radius 1 is 1.07 bits per heavy atom. The van der Waals surface area contributed by atoms with Gasteiger partial charge < -0.3 is 0 Å². The Kier molecular flexibility index (Phi) is 7.68. The molecule has 1 N–H and O–H groups in total. The van der Waals surface area contributed by atoms with Gasteiger partial charge in [0.05, 0.1) is 16.3 Å². The Morgan fingerprint density at radius 2 is 1.71 bits per heavy atom. The summed E-state index contributed by atoms with van der Waals surface area (Å²) in [6.07, 6.45) is 0.739. The van der Waals surface area contributed by atoms with E-state index in [1.165, 1.54) is 11.3 Å². The summed E-state index contributed by atoms with van der Waals surface area (Å²) in [5.41, 5.74) is 2.44. The molecule has 7 heteroatoms. The van der Waals surface area contributed by atoms with Gasteiger partial charge in [-0.25, -0.2) is 4.98 Å². The van der Waals surface area contributed by atoms with E-state index in [-0.39, 0.29) is 28.3 Å². The van der Waals surface area contributed by atoms with Crippen molar-refractivity contribution >= 4 is 62.6 Å². The fourth-order valence-electron chi connectivity index (χ4n) is 2.71. The molecule has 148 valence electrons. The number of rotatable bonds is 4. The normalized spacial score (nSPS) is 11.0. The van der Waals surface area contributed by atoms with Crippen LogP contribution in [0.4, 0.5) is 5.13 Å². The molecule has 0 aliphatic heterocycles. The maximum absolute atomic E-state index is 12.6. The number of hydrogen-bond acceptors (Lipinski definition) is 3. The van der Waals surface area contributed by atoms with Crippen LogP contribution >= 0.6 is 51.5 Å². The van der Waals surface area contributed by atoms with Crippen molar-refractivity contribution in [1.29, 1.82) is 0 Å². The van der Waals surface area contributed by atoms with Gasteiger partial charge in [0.15, 0.2) is 5.13 Å². The first-order chi connectivity index (χ1) is 12.7. The zero-order chi connectivity index (χ0) is 19.6. The lowest BCUT2D eigenvalue weighted by Gasteiger charge is -2.17. The summed E-state index contributed by atoms with van der Waals surface area (Å²) >= 11 is 13.6. The van der Waals surface area contributed by atoms with Crippen LogP contribution < -0.4 is 5.32 Å². The first kappa shape index (κ1) is 22.9. The van der Waals surface area contributed by atoms with Crippen molar-refractivity contribution in [2.75, 3.05) is 5.32 Å². The fraction of sp³-hybridized carbons (Fsp3) is 0.238. The highest BCUT2D eigenvalue weighted by atomic mass is 79.9. The SMILES string of the molecule is Br.CC(C)(C)c1nc(NC(=O)c2ccccc2Cl)sc1Cc1ccc(Cl)cc1. The van der Waals surface area contributed by atoms with Gasteiger partial charge in [0.2, 0.25) is 0 Å². The van der Waals surface area contributed by atoms with E-state index in [1.807, 2.05) is 24.3 Å². The van der Waals surface area contributed by atoms with Crippen molar-refractivity contribution < 1.29 is 4.79 Å². The molecular formula is C21H21BrCl2N2OS. The van der Waals surface area contributed by atoms with Crippen LogP contribution in [0, 0.1) is 0 Å². The number of benzene rings is 2. The molecule has 0 fully saturated rings. The summed E-state index contributed by atoms with van der Waals surface area (Å²) in [5.74, 6) is -0.257. The average Bonchev–Trinajstić information content (AvgIpc) is 3.00. The van der Waals surface area contributed by atoms with Crippen molar-refractivity contribution in [3.63, 3.8) is 0 Å². The first-order valence-corrected chi connectivity index (χ1v) is 10.1. The maximum Gasteiger partial charge on any atom is 0.258 e. The Hall–Kier alpha value is -1.40. The lowest BCUT2D eigenvalue weighted by molar-refractivity contribution is 0.102. The molecule has 2 aromatic carbocycles. The molecule has 0 saturated heterocycles. The van der Waals surface area contributed by atoms with Crippen LogP contribution in [-0.4, -0.2) is 10.9 Å². The second kappa shape index (κ2) is 9.40. The van der Waals surface area contributed by atoms with Gasteiger partial charge in [-0.3, -0.25) is 10.1 Å². The minimum Gasteiger partial charge on any atom is -0.298 e. The summed E-state index contributed by atoms with van der Waals surface area (Å²) in [6.45, 7) is 6.35. The van der Waals surface area contributed by atoms with Crippen LogP contribution in [0.1, 0.15) is 47.3 Å². The predicted octanol–water partition coefficient (Wildman–Crippen LogP) is 7.17. The minimum absolute atomic E-state index is 0. The van der Waals surface area contributed by atoms with E-state index in [2.05, 4.69) is 26.1 Å². The molecule has 1 amide bonds. The molecule has 0 aliphatic rings. The fourth-order valence-corrected chi connectivity index (χ4v) is 4.26. The van der Waals surface area contributed by atoms with Gasteiger partial charge in [-0.15, -0.1) is 28.3 Å². The monoisotopic (exact) mass is 498 g/mol. The lowest BCUT2D eigenvalue weighted by Crippen LogP contribution is -2.15. The molecule has 0 atom stereocenters. The highest BCUT2D eigenvalue weighted by Crippen LogP contribution is 2.34. The molecule has 0 aliphatic carbocycles. The topological polar surface area (TPSA) is 42.0 Å². The van der Waals surface area contributed by atoms with E-state index < -0.39 is 0 Å². The number of amides is 1. The molecule has 0 radical (unpaired) electrons. The molecule has 3 aromatic rings. The van der Waals surface area contributed by atoms with E-state index in [9.17, 15) is 4.79 Å². The Balaban J connectivity index is 0.00000280. The van der Waals surface area contributed by atoms with Crippen LogP contribution in [0.2, 0.25) is 10.0 Å². The van der Waals surface area contributed by atoms with Gasteiger partial charge in [0.25, 0.3) is 5.91 Å². The number of carbonyl (C=O) groups excluding carboxylic acids is 1. The standard InChI is InChI=1S/C21H20Cl2N2OS.BrH/c1-21(2,3)18-17(12-13-8-10-14(22)11-9-13)27-20(24-18)25-19(26)15-6-4-5-7-16(15)23;/h4-11H,12H2,1-3H3,(H,24,25,26);1H. The average molecular weight is 500 g/mol.